The second kappa shape index (κ2) is 5.57. The zero-order chi connectivity index (χ0) is 15.8. The number of esters is 1. The molecule has 0 unspecified atom stereocenters. The van der Waals surface area contributed by atoms with Crippen molar-refractivity contribution in [3.63, 3.8) is 0 Å². The summed E-state index contributed by atoms with van der Waals surface area (Å²) in [6.07, 6.45) is 6.64. The molecule has 0 aliphatic heterocycles. The summed E-state index contributed by atoms with van der Waals surface area (Å²) in [6.45, 7) is 3.19. The van der Waals surface area contributed by atoms with Crippen LogP contribution in [0.5, 0.6) is 0 Å². The number of hydrogen-bond acceptors (Lipinski definition) is 3. The van der Waals surface area contributed by atoms with Gasteiger partial charge in [0.25, 0.3) is 0 Å². The number of hydrogen-bond donors (Lipinski definition) is 1. The molecule has 1 aliphatic rings. The van der Waals surface area contributed by atoms with E-state index >= 15 is 0 Å². The van der Waals surface area contributed by atoms with E-state index in [4.69, 9.17) is 4.74 Å². The summed E-state index contributed by atoms with van der Waals surface area (Å²) in [4.78, 5) is 14.9. The first-order valence-electron chi connectivity index (χ1n) is 8.05. The molecule has 118 valence electrons. The fourth-order valence-electron chi connectivity index (χ4n) is 2.81. The maximum absolute atomic E-state index is 11.8. The molecule has 0 radical (unpaired) electrons. The maximum atomic E-state index is 11.8. The first kappa shape index (κ1) is 14.1. The van der Waals surface area contributed by atoms with Crippen molar-refractivity contribution in [1.29, 1.82) is 0 Å². The molecular weight excluding hydrogens is 290 g/mol. The summed E-state index contributed by atoms with van der Waals surface area (Å²) in [7, 11) is 0. The second-order valence-corrected chi connectivity index (χ2v) is 6.10. The van der Waals surface area contributed by atoms with Crippen molar-refractivity contribution in [3.8, 4) is 11.1 Å². The lowest BCUT2D eigenvalue weighted by atomic mass is 10.1. The Morgan fingerprint density at radius 2 is 2.22 bits per heavy atom. The number of ether oxygens (including phenoxy) is 1. The van der Waals surface area contributed by atoms with Gasteiger partial charge in [0, 0.05) is 29.2 Å². The second-order valence-electron chi connectivity index (χ2n) is 6.10. The van der Waals surface area contributed by atoms with E-state index < -0.39 is 0 Å². The number of carbonyl (C=O) groups is 1. The molecule has 1 saturated carbocycles. The number of fused-ring (bicyclic) bond motifs is 1. The van der Waals surface area contributed by atoms with Crippen LogP contribution < -0.4 is 0 Å². The van der Waals surface area contributed by atoms with Gasteiger partial charge in [-0.3, -0.25) is 4.68 Å². The van der Waals surface area contributed by atoms with Crippen molar-refractivity contribution >= 4 is 16.9 Å². The molecule has 5 nitrogen and oxygen atoms in total. The Kier molecular flexibility index (Phi) is 3.41. The van der Waals surface area contributed by atoms with Crippen molar-refractivity contribution in [2.24, 2.45) is 5.92 Å². The van der Waals surface area contributed by atoms with Crippen LogP contribution >= 0.6 is 0 Å². The van der Waals surface area contributed by atoms with Gasteiger partial charge in [-0.05, 0) is 49.4 Å². The molecule has 1 fully saturated rings. The average Bonchev–Trinajstić information content (AvgIpc) is 3.08. The number of rotatable bonds is 5. The van der Waals surface area contributed by atoms with Gasteiger partial charge in [0.2, 0.25) is 0 Å². The highest BCUT2D eigenvalue weighted by molar-refractivity contribution is 5.96. The third-order valence-corrected chi connectivity index (χ3v) is 4.22. The third kappa shape index (κ3) is 2.86. The van der Waals surface area contributed by atoms with Gasteiger partial charge in [-0.25, -0.2) is 4.79 Å². The summed E-state index contributed by atoms with van der Waals surface area (Å²) >= 11 is 0. The van der Waals surface area contributed by atoms with Crippen LogP contribution in [0.4, 0.5) is 0 Å². The van der Waals surface area contributed by atoms with E-state index in [0.717, 1.165) is 34.5 Å². The lowest BCUT2D eigenvalue weighted by Gasteiger charge is -1.99. The van der Waals surface area contributed by atoms with Crippen LogP contribution in [0.2, 0.25) is 0 Å². The number of carbonyl (C=O) groups excluding carboxylic acids is 1. The molecule has 0 atom stereocenters. The van der Waals surface area contributed by atoms with Crippen LogP contribution in [-0.2, 0) is 11.3 Å². The van der Waals surface area contributed by atoms with Gasteiger partial charge in [-0.15, -0.1) is 0 Å². The zero-order valence-corrected chi connectivity index (χ0v) is 13.1. The van der Waals surface area contributed by atoms with Crippen molar-refractivity contribution in [1.82, 2.24) is 14.8 Å². The van der Waals surface area contributed by atoms with Crippen molar-refractivity contribution in [2.45, 2.75) is 26.3 Å². The molecule has 0 bridgehead atoms. The van der Waals surface area contributed by atoms with Crippen molar-refractivity contribution < 1.29 is 9.53 Å². The number of aromatic nitrogens is 3. The Morgan fingerprint density at radius 1 is 1.35 bits per heavy atom. The predicted molar refractivity (Wildman–Crippen MR) is 88.2 cm³/mol. The minimum atomic E-state index is -0.317. The van der Waals surface area contributed by atoms with E-state index in [1.165, 1.54) is 12.8 Å². The van der Waals surface area contributed by atoms with Gasteiger partial charge >= 0.3 is 5.97 Å². The highest BCUT2D eigenvalue weighted by Gasteiger charge is 2.22. The first-order chi connectivity index (χ1) is 11.2. The average molecular weight is 309 g/mol. The molecule has 3 aromatic rings. The fourth-order valence-corrected chi connectivity index (χ4v) is 2.81. The minimum absolute atomic E-state index is 0.317. The molecule has 5 heteroatoms. The molecule has 1 aromatic carbocycles. The largest absolute Gasteiger partial charge is 0.461 e. The molecule has 0 saturated heterocycles. The SMILES string of the molecule is CCOC(=O)c1cc2cc(-c3cnn(CC4CC4)c3)ccc2[nH]1. The Labute approximate surface area is 134 Å². The topological polar surface area (TPSA) is 59.9 Å². The molecule has 2 aromatic heterocycles. The predicted octanol–water partition coefficient (Wildman–Crippen LogP) is 3.62. The molecule has 0 spiro atoms. The monoisotopic (exact) mass is 309 g/mol. The van der Waals surface area contributed by atoms with Crippen molar-refractivity contribution in [3.05, 3.63) is 42.4 Å². The molecule has 23 heavy (non-hydrogen) atoms. The summed E-state index contributed by atoms with van der Waals surface area (Å²) < 4.78 is 7.06. The summed E-state index contributed by atoms with van der Waals surface area (Å²) in [5.41, 5.74) is 3.63. The number of nitrogens with one attached hydrogen (secondary N) is 1. The molecule has 0 amide bonds. The van der Waals surface area contributed by atoms with Gasteiger partial charge in [0.05, 0.1) is 12.8 Å². The molecular formula is C18H19N3O2. The normalized spacial score (nSPS) is 14.3. The van der Waals surface area contributed by atoms with E-state index in [2.05, 4.69) is 22.3 Å². The number of nitrogens with zero attached hydrogens (tertiary/aromatic N) is 2. The van der Waals surface area contributed by atoms with Crippen LogP contribution in [0.1, 0.15) is 30.3 Å². The Balaban J connectivity index is 1.62. The Hall–Kier alpha value is -2.56. The van der Waals surface area contributed by atoms with Crippen LogP contribution in [-0.4, -0.2) is 27.3 Å². The number of aromatic amines is 1. The van der Waals surface area contributed by atoms with Gasteiger partial charge in [-0.2, -0.15) is 5.10 Å². The quantitative estimate of drug-likeness (QED) is 0.732. The van der Waals surface area contributed by atoms with Crippen LogP contribution in [0.3, 0.4) is 0 Å². The Bertz CT molecular complexity index is 858. The summed E-state index contributed by atoms with van der Waals surface area (Å²) in [6, 6.07) is 7.95. The van der Waals surface area contributed by atoms with E-state index in [1.54, 1.807) is 6.92 Å². The summed E-state index contributed by atoms with van der Waals surface area (Å²) in [5.74, 6) is 0.490. The lowest BCUT2D eigenvalue weighted by molar-refractivity contribution is 0.0520. The number of H-pyrrole nitrogens is 1. The van der Waals surface area contributed by atoms with Crippen LogP contribution in [0.25, 0.3) is 22.0 Å². The van der Waals surface area contributed by atoms with Gasteiger partial charge in [0.1, 0.15) is 5.69 Å². The van der Waals surface area contributed by atoms with Gasteiger partial charge < -0.3 is 9.72 Å². The minimum Gasteiger partial charge on any atom is -0.461 e. The molecule has 2 heterocycles. The molecule has 1 aliphatic carbocycles. The molecule has 4 rings (SSSR count). The van der Waals surface area contributed by atoms with E-state index in [1.807, 2.05) is 29.1 Å². The maximum Gasteiger partial charge on any atom is 0.354 e. The van der Waals surface area contributed by atoms with E-state index in [0.29, 0.717) is 12.3 Å². The van der Waals surface area contributed by atoms with Crippen LogP contribution in [0, 0.1) is 5.92 Å². The fraction of sp³-hybridized carbons (Fsp3) is 0.333. The van der Waals surface area contributed by atoms with Gasteiger partial charge in [0.15, 0.2) is 0 Å². The summed E-state index contributed by atoms with van der Waals surface area (Å²) in [5, 5.41) is 5.45. The van der Waals surface area contributed by atoms with E-state index in [9.17, 15) is 4.79 Å². The third-order valence-electron chi connectivity index (χ3n) is 4.22. The number of benzene rings is 1. The Morgan fingerprint density at radius 3 is 3.00 bits per heavy atom. The van der Waals surface area contributed by atoms with Crippen molar-refractivity contribution in [2.75, 3.05) is 6.61 Å². The highest BCUT2D eigenvalue weighted by atomic mass is 16.5. The smallest absolute Gasteiger partial charge is 0.354 e. The standard InChI is InChI=1S/C18H19N3O2/c1-2-23-18(22)17-8-14-7-13(5-6-16(14)20-17)15-9-19-21(11-15)10-12-3-4-12/h5-9,11-12,20H,2-4,10H2,1H3. The van der Waals surface area contributed by atoms with E-state index in [-0.39, 0.29) is 5.97 Å². The highest BCUT2D eigenvalue weighted by Crippen LogP contribution is 2.31. The molecule has 1 N–H and O–H groups in total. The first-order valence-corrected chi connectivity index (χ1v) is 8.05. The lowest BCUT2D eigenvalue weighted by Crippen LogP contribution is -2.04. The van der Waals surface area contributed by atoms with Gasteiger partial charge in [-0.1, -0.05) is 6.07 Å². The zero-order valence-electron chi connectivity index (χ0n) is 13.1. The van der Waals surface area contributed by atoms with Crippen LogP contribution in [0.15, 0.2) is 36.7 Å².